The molecule has 0 saturated carbocycles. The first-order valence-electron chi connectivity index (χ1n) is 4.25. The zero-order valence-corrected chi connectivity index (χ0v) is 17.8. The Morgan fingerprint density at radius 3 is 2.11 bits per heavy atom. The Morgan fingerprint density at radius 2 is 1.74 bits per heavy atom. The molecule has 3 atom stereocenters. The molecule has 0 bridgehead atoms. The molecule has 19 heavy (non-hydrogen) atoms. The molecule has 0 spiro atoms. The smallest absolute Gasteiger partial charge is 0.470 e. The van der Waals surface area contributed by atoms with Crippen molar-refractivity contribution < 1.29 is 39.0 Å². The standard InChI is InChI=1S/C7H11O8P.3Na/c8-4-1-3(7(10)11)2-5(6(4)9)15-16(12,13)14;;;/h2,4-6,8-9H,1H2,(H,10,11)(H2,12,13,14);;;/t4-,5-,6+;;;/m1.../s1. The van der Waals surface area contributed by atoms with Crippen molar-refractivity contribution in [1.29, 1.82) is 0 Å². The van der Waals surface area contributed by atoms with Crippen LogP contribution in [0.25, 0.3) is 0 Å². The van der Waals surface area contributed by atoms with Crippen LogP contribution >= 0.6 is 7.82 Å². The Balaban J connectivity index is -0.000000853. The van der Waals surface area contributed by atoms with E-state index in [4.69, 9.17) is 14.9 Å². The Bertz CT molecular complexity index is 369. The second-order valence-corrected chi connectivity index (χ2v) is 4.51. The van der Waals surface area contributed by atoms with E-state index in [0.717, 1.165) is 6.08 Å². The van der Waals surface area contributed by atoms with Gasteiger partial charge in [-0.1, -0.05) is 0 Å². The first-order chi connectivity index (χ1) is 7.20. The number of carboxylic acids is 1. The maximum absolute atomic E-state index is 10.6. The monoisotopic (exact) mass is 323 g/mol. The van der Waals surface area contributed by atoms with Crippen LogP contribution in [0.4, 0.5) is 0 Å². The SMILES string of the molecule is O=C(O)C1=C[C@@H](OP(=O)(O)O)[C@@H](O)[C@H](O)C1.[Na].[Na].[Na]. The predicted molar refractivity (Wildman–Crippen MR) is 66.5 cm³/mol. The number of aliphatic hydroxyl groups excluding tert-OH is 2. The third-order valence-electron chi connectivity index (χ3n) is 2.06. The Labute approximate surface area is 175 Å². The average molecular weight is 323 g/mol. The van der Waals surface area contributed by atoms with Gasteiger partial charge in [0.25, 0.3) is 0 Å². The molecule has 1 aliphatic carbocycles. The van der Waals surface area contributed by atoms with Gasteiger partial charge in [0, 0.05) is 101 Å². The summed E-state index contributed by atoms with van der Waals surface area (Å²) in [5.74, 6) is -1.34. The molecule has 5 N–H and O–H groups in total. The summed E-state index contributed by atoms with van der Waals surface area (Å²) in [5, 5.41) is 27.3. The number of carboxylic acid groups (broad SMARTS) is 1. The van der Waals surface area contributed by atoms with E-state index in [2.05, 4.69) is 4.52 Å². The minimum atomic E-state index is -4.86. The van der Waals surface area contributed by atoms with Crippen molar-refractivity contribution in [3.8, 4) is 0 Å². The van der Waals surface area contributed by atoms with Gasteiger partial charge in [-0.3, -0.25) is 4.52 Å². The molecule has 3 radical (unpaired) electrons. The number of aliphatic hydroxyl groups is 2. The minimum absolute atomic E-state index is 0. The summed E-state index contributed by atoms with van der Waals surface area (Å²) in [6.07, 6.45) is -3.99. The summed E-state index contributed by atoms with van der Waals surface area (Å²) in [5.41, 5.74) is -0.267. The summed E-state index contributed by atoms with van der Waals surface area (Å²) in [7, 11) is -4.86. The van der Waals surface area contributed by atoms with Gasteiger partial charge in [0.15, 0.2) is 0 Å². The average Bonchev–Trinajstić information content (AvgIpc) is 2.10. The molecule has 0 unspecified atom stereocenters. The molecule has 0 aliphatic heterocycles. The fourth-order valence-electron chi connectivity index (χ4n) is 1.34. The molecule has 1 rings (SSSR count). The molecule has 0 aromatic rings. The van der Waals surface area contributed by atoms with Crippen LogP contribution in [-0.2, 0) is 13.9 Å². The quantitative estimate of drug-likeness (QED) is 0.282. The molecule has 0 fully saturated rings. The first-order valence-corrected chi connectivity index (χ1v) is 5.78. The Kier molecular flexibility index (Phi) is 15.0. The molecule has 0 aromatic carbocycles. The zero-order valence-electron chi connectivity index (χ0n) is 10.9. The summed E-state index contributed by atoms with van der Waals surface area (Å²) < 4.78 is 14.7. The van der Waals surface area contributed by atoms with E-state index in [1.54, 1.807) is 0 Å². The molecule has 8 nitrogen and oxygen atoms in total. The van der Waals surface area contributed by atoms with Crippen LogP contribution in [-0.4, -0.2) is 138 Å². The molecule has 0 amide bonds. The van der Waals surface area contributed by atoms with Crippen molar-refractivity contribution in [2.75, 3.05) is 0 Å². The molecule has 0 heterocycles. The number of hydrogen-bond donors (Lipinski definition) is 5. The molecular formula is C7H11Na3O8P. The maximum atomic E-state index is 10.6. The number of rotatable bonds is 3. The normalized spacial score (nSPS) is 26.1. The fraction of sp³-hybridized carbons (Fsp3) is 0.571. The van der Waals surface area contributed by atoms with Crippen LogP contribution in [0.1, 0.15) is 6.42 Å². The third-order valence-corrected chi connectivity index (χ3v) is 2.58. The second kappa shape index (κ2) is 10.9. The molecular weight excluding hydrogens is 312 g/mol. The summed E-state index contributed by atoms with van der Waals surface area (Å²) in [4.78, 5) is 27.6. The summed E-state index contributed by atoms with van der Waals surface area (Å²) in [6, 6.07) is 0. The van der Waals surface area contributed by atoms with E-state index >= 15 is 0 Å². The van der Waals surface area contributed by atoms with Gasteiger partial charge in [0.05, 0.1) is 6.10 Å². The molecule has 95 valence electrons. The van der Waals surface area contributed by atoms with E-state index in [0.29, 0.717) is 0 Å². The van der Waals surface area contributed by atoms with Crippen molar-refractivity contribution in [3.05, 3.63) is 11.6 Å². The van der Waals surface area contributed by atoms with Crippen molar-refractivity contribution in [1.82, 2.24) is 0 Å². The van der Waals surface area contributed by atoms with Crippen molar-refractivity contribution in [2.45, 2.75) is 24.7 Å². The van der Waals surface area contributed by atoms with Gasteiger partial charge >= 0.3 is 13.8 Å². The van der Waals surface area contributed by atoms with Gasteiger partial charge in [-0.25, -0.2) is 9.36 Å². The van der Waals surface area contributed by atoms with Crippen LogP contribution in [0, 0.1) is 0 Å². The van der Waals surface area contributed by atoms with Crippen molar-refractivity contribution in [3.63, 3.8) is 0 Å². The van der Waals surface area contributed by atoms with E-state index in [1.807, 2.05) is 0 Å². The number of phosphoric acid groups is 1. The van der Waals surface area contributed by atoms with E-state index in [1.165, 1.54) is 0 Å². The van der Waals surface area contributed by atoms with Crippen molar-refractivity contribution in [2.24, 2.45) is 0 Å². The molecule has 12 heteroatoms. The van der Waals surface area contributed by atoms with E-state index in [-0.39, 0.29) is 101 Å². The molecule has 0 saturated heterocycles. The first kappa shape index (κ1) is 26.2. The Morgan fingerprint density at radius 1 is 1.26 bits per heavy atom. The van der Waals surface area contributed by atoms with Gasteiger partial charge in [-0.2, -0.15) is 0 Å². The van der Waals surface area contributed by atoms with Crippen LogP contribution in [0.5, 0.6) is 0 Å². The van der Waals surface area contributed by atoms with Gasteiger partial charge in [0.1, 0.15) is 12.2 Å². The molecule has 1 aliphatic rings. The van der Waals surface area contributed by atoms with Gasteiger partial charge in [-0.15, -0.1) is 0 Å². The number of hydrogen-bond acceptors (Lipinski definition) is 5. The van der Waals surface area contributed by atoms with Crippen LogP contribution in [0.2, 0.25) is 0 Å². The van der Waals surface area contributed by atoms with Crippen LogP contribution < -0.4 is 0 Å². The van der Waals surface area contributed by atoms with E-state index < -0.39 is 32.1 Å². The largest absolute Gasteiger partial charge is 0.478 e. The zero-order chi connectivity index (χ0) is 12.5. The predicted octanol–water partition coefficient (Wildman–Crippen LogP) is -2.54. The minimum Gasteiger partial charge on any atom is -0.478 e. The van der Waals surface area contributed by atoms with E-state index in [9.17, 15) is 19.6 Å². The van der Waals surface area contributed by atoms with Gasteiger partial charge in [0.2, 0.25) is 0 Å². The fourth-order valence-corrected chi connectivity index (χ4v) is 1.84. The number of aliphatic carboxylic acids is 1. The van der Waals surface area contributed by atoms with Crippen LogP contribution in [0.15, 0.2) is 11.6 Å². The second-order valence-electron chi connectivity index (χ2n) is 3.32. The van der Waals surface area contributed by atoms with Crippen molar-refractivity contribution >= 4 is 102 Å². The summed E-state index contributed by atoms with van der Waals surface area (Å²) in [6.45, 7) is 0. The third kappa shape index (κ3) is 9.07. The number of phosphoric ester groups is 1. The van der Waals surface area contributed by atoms with Gasteiger partial charge in [-0.05, 0) is 6.08 Å². The number of carbonyl (C=O) groups is 1. The Hall–Kier alpha value is 2.24. The maximum Gasteiger partial charge on any atom is 0.470 e. The van der Waals surface area contributed by atoms with Crippen LogP contribution in [0.3, 0.4) is 0 Å². The van der Waals surface area contributed by atoms with Gasteiger partial charge < -0.3 is 25.1 Å². The topological polar surface area (TPSA) is 145 Å². The molecule has 0 aromatic heterocycles. The summed E-state index contributed by atoms with van der Waals surface area (Å²) >= 11 is 0.